The zero-order valence-electron chi connectivity index (χ0n) is 15.6. The monoisotopic (exact) mass is 432 g/mol. The van der Waals surface area contributed by atoms with E-state index in [2.05, 4.69) is 0 Å². The molecule has 1 aliphatic rings. The van der Waals surface area contributed by atoms with E-state index < -0.39 is 29.4 Å². The van der Waals surface area contributed by atoms with E-state index in [0.29, 0.717) is 22.9 Å². The molecule has 0 aromatic heterocycles. The van der Waals surface area contributed by atoms with Crippen LogP contribution in [0.1, 0.15) is 0 Å². The molecule has 7 nitrogen and oxygen atoms in total. The second-order valence-electron chi connectivity index (χ2n) is 6.06. The van der Waals surface area contributed by atoms with Gasteiger partial charge in [-0.15, -0.1) is 11.6 Å². The Balaban J connectivity index is 2.09. The highest BCUT2D eigenvalue weighted by atomic mass is 35.5. The first-order valence-electron chi connectivity index (χ1n) is 8.51. The van der Waals surface area contributed by atoms with Gasteiger partial charge >= 0.3 is 0 Å². The average Bonchev–Trinajstić information content (AvgIpc) is 2.74. The average molecular weight is 433 g/mol. The maximum absolute atomic E-state index is 13.0. The van der Waals surface area contributed by atoms with Gasteiger partial charge in [0.05, 0.1) is 31.5 Å². The molecule has 2 aromatic carbocycles. The smallest absolute Gasteiger partial charge is 0.253 e. The summed E-state index contributed by atoms with van der Waals surface area (Å²) in [7, 11) is 3.04. The highest BCUT2D eigenvalue weighted by molar-refractivity contribution is 7.81. The molecule has 1 saturated heterocycles. The summed E-state index contributed by atoms with van der Waals surface area (Å²) in [5.74, 6) is -3.05. The van der Waals surface area contributed by atoms with Crippen molar-refractivity contribution in [2.75, 3.05) is 29.9 Å². The Bertz CT molecular complexity index is 892. The van der Waals surface area contributed by atoms with Gasteiger partial charge in [0.1, 0.15) is 11.5 Å². The number of amides is 2. The van der Waals surface area contributed by atoms with Gasteiger partial charge in [0.2, 0.25) is 0 Å². The Morgan fingerprint density at radius 2 is 1.28 bits per heavy atom. The van der Waals surface area contributed by atoms with E-state index in [0.717, 1.165) is 9.80 Å². The fourth-order valence-electron chi connectivity index (χ4n) is 2.94. The van der Waals surface area contributed by atoms with Gasteiger partial charge in [0.15, 0.2) is 16.8 Å². The van der Waals surface area contributed by atoms with E-state index in [9.17, 15) is 14.4 Å². The first-order valence-corrected chi connectivity index (χ1v) is 9.46. The minimum absolute atomic E-state index is 0.0612. The lowest BCUT2D eigenvalue weighted by atomic mass is 9.98. The Hall–Kier alpha value is -2.97. The molecular formula is C20H17ClN2O5S. The van der Waals surface area contributed by atoms with Crippen LogP contribution >= 0.6 is 23.8 Å². The molecule has 1 fully saturated rings. The minimum Gasteiger partial charge on any atom is -0.497 e. The number of rotatable bonds is 6. The Kier molecular flexibility index (Phi) is 6.14. The normalized spacial score (nSPS) is 14.9. The first-order chi connectivity index (χ1) is 13.9. The molecule has 0 aliphatic carbocycles. The van der Waals surface area contributed by atoms with Crippen molar-refractivity contribution in [3.63, 3.8) is 0 Å². The zero-order chi connectivity index (χ0) is 21.1. The van der Waals surface area contributed by atoms with Crippen LogP contribution in [0.2, 0.25) is 0 Å². The molecule has 0 N–H and O–H groups in total. The number of carbonyl (C=O) groups excluding carboxylic acids is 3. The number of hydrogen-bond acceptors (Lipinski definition) is 6. The van der Waals surface area contributed by atoms with Gasteiger partial charge in [-0.3, -0.25) is 24.2 Å². The van der Waals surface area contributed by atoms with Crippen molar-refractivity contribution in [3.8, 4) is 11.5 Å². The number of methoxy groups -OCH3 is 2. The summed E-state index contributed by atoms with van der Waals surface area (Å²) in [6, 6.07) is 13.1. The molecule has 0 unspecified atom stereocenters. The van der Waals surface area contributed by atoms with E-state index in [1.54, 1.807) is 48.5 Å². The summed E-state index contributed by atoms with van der Waals surface area (Å²) in [5.41, 5.74) is 0.804. The van der Waals surface area contributed by atoms with Crippen molar-refractivity contribution in [1.29, 1.82) is 0 Å². The fourth-order valence-corrected chi connectivity index (χ4v) is 3.49. The van der Waals surface area contributed by atoms with Crippen molar-refractivity contribution >= 4 is 57.9 Å². The van der Waals surface area contributed by atoms with Crippen LogP contribution in [-0.2, 0) is 14.4 Å². The number of ether oxygens (including phenoxy) is 2. The molecule has 2 aromatic rings. The number of ketones is 1. The SMILES string of the molecule is COc1ccc(N2C(=O)C(C(=O)CCl)C(=O)N(c3ccc(OC)cc3)C2=S)cc1. The topological polar surface area (TPSA) is 76.2 Å². The molecule has 0 radical (unpaired) electrons. The van der Waals surface area contributed by atoms with Crippen molar-refractivity contribution in [3.05, 3.63) is 48.5 Å². The highest BCUT2D eigenvalue weighted by Crippen LogP contribution is 2.31. The molecule has 29 heavy (non-hydrogen) atoms. The Morgan fingerprint density at radius 3 is 1.59 bits per heavy atom. The van der Waals surface area contributed by atoms with Gasteiger partial charge in [0.25, 0.3) is 11.8 Å². The second kappa shape index (κ2) is 8.59. The minimum atomic E-state index is -1.58. The van der Waals surface area contributed by atoms with Gasteiger partial charge in [-0.25, -0.2) is 0 Å². The van der Waals surface area contributed by atoms with Gasteiger partial charge in [0, 0.05) is 0 Å². The number of hydrogen-bond donors (Lipinski definition) is 0. The quantitative estimate of drug-likeness (QED) is 0.397. The van der Waals surface area contributed by atoms with E-state index in [-0.39, 0.29) is 5.11 Å². The van der Waals surface area contributed by atoms with Crippen LogP contribution in [0, 0.1) is 5.92 Å². The number of halogens is 1. The molecule has 3 rings (SSSR count). The number of thiocarbonyl (C=S) groups is 1. The molecule has 2 amide bonds. The molecule has 1 aliphatic heterocycles. The van der Waals surface area contributed by atoms with Crippen molar-refractivity contribution in [2.24, 2.45) is 5.92 Å². The fraction of sp³-hybridized carbons (Fsp3) is 0.200. The lowest BCUT2D eigenvalue weighted by molar-refractivity contribution is -0.138. The third-order valence-electron chi connectivity index (χ3n) is 4.43. The maximum atomic E-state index is 13.0. The molecule has 0 atom stereocenters. The summed E-state index contributed by atoms with van der Waals surface area (Å²) in [4.78, 5) is 40.7. The third kappa shape index (κ3) is 3.81. The van der Waals surface area contributed by atoms with E-state index in [1.165, 1.54) is 14.2 Å². The molecule has 0 spiro atoms. The largest absolute Gasteiger partial charge is 0.497 e. The molecule has 0 saturated carbocycles. The predicted octanol–water partition coefficient (Wildman–Crippen LogP) is 2.79. The standard InChI is InChI=1S/C20H17ClN2O5S/c1-27-14-7-3-12(4-8-14)22-18(25)17(16(24)11-21)19(26)23(20(22)29)13-5-9-15(28-2)10-6-13/h3-10,17H,11H2,1-2H3. The molecule has 9 heteroatoms. The van der Waals surface area contributed by atoms with Crippen LogP contribution in [-0.4, -0.2) is 42.8 Å². The number of benzene rings is 2. The second-order valence-corrected chi connectivity index (χ2v) is 6.69. The lowest BCUT2D eigenvalue weighted by Gasteiger charge is -2.38. The summed E-state index contributed by atoms with van der Waals surface area (Å²) >= 11 is 11.1. The summed E-state index contributed by atoms with van der Waals surface area (Å²) in [6.07, 6.45) is 0. The summed E-state index contributed by atoms with van der Waals surface area (Å²) < 4.78 is 10.3. The van der Waals surface area contributed by atoms with Gasteiger partial charge in [-0.05, 0) is 60.7 Å². The molecule has 0 bridgehead atoms. The molecular weight excluding hydrogens is 416 g/mol. The molecule has 1 heterocycles. The number of Topliss-reactive ketones (excluding diaryl/α,β-unsaturated/α-hetero) is 1. The van der Waals surface area contributed by atoms with Gasteiger partial charge in [-0.2, -0.15) is 0 Å². The predicted molar refractivity (Wildman–Crippen MR) is 113 cm³/mol. The summed E-state index contributed by atoms with van der Waals surface area (Å²) in [5, 5.41) is -0.0612. The zero-order valence-corrected chi connectivity index (χ0v) is 17.2. The van der Waals surface area contributed by atoms with E-state index >= 15 is 0 Å². The van der Waals surface area contributed by atoms with Gasteiger partial charge in [-0.1, -0.05) is 0 Å². The van der Waals surface area contributed by atoms with Crippen LogP contribution in [0.3, 0.4) is 0 Å². The number of nitrogens with zero attached hydrogens (tertiary/aromatic N) is 2. The van der Waals surface area contributed by atoms with Crippen molar-refractivity contribution in [2.45, 2.75) is 0 Å². The highest BCUT2D eigenvalue weighted by Gasteiger charge is 2.48. The lowest BCUT2D eigenvalue weighted by Crippen LogP contribution is -2.62. The molecule has 150 valence electrons. The van der Waals surface area contributed by atoms with E-state index in [1.807, 2.05) is 0 Å². The number of alkyl halides is 1. The number of anilines is 2. The summed E-state index contributed by atoms with van der Waals surface area (Å²) in [6.45, 7) is 0. The third-order valence-corrected chi connectivity index (χ3v) is 5.06. The van der Waals surface area contributed by atoms with Gasteiger partial charge < -0.3 is 9.47 Å². The first kappa shape index (κ1) is 20.8. The Labute approximate surface area is 177 Å². The van der Waals surface area contributed by atoms with Crippen LogP contribution in [0.15, 0.2) is 48.5 Å². The van der Waals surface area contributed by atoms with Crippen molar-refractivity contribution < 1.29 is 23.9 Å². The van der Waals surface area contributed by atoms with Crippen LogP contribution < -0.4 is 19.3 Å². The van der Waals surface area contributed by atoms with Crippen molar-refractivity contribution in [1.82, 2.24) is 0 Å². The van der Waals surface area contributed by atoms with Crippen LogP contribution in [0.5, 0.6) is 11.5 Å². The van der Waals surface area contributed by atoms with Crippen LogP contribution in [0.4, 0.5) is 11.4 Å². The van der Waals surface area contributed by atoms with Crippen LogP contribution in [0.25, 0.3) is 0 Å². The van der Waals surface area contributed by atoms with E-state index in [4.69, 9.17) is 33.3 Å². The maximum Gasteiger partial charge on any atom is 0.253 e. The number of carbonyl (C=O) groups is 3. The Morgan fingerprint density at radius 1 is 0.897 bits per heavy atom.